The standard InChI is InChI=1S/C13H24N4O2/c1-5-17-10-11(9-16-17)14-7-6-8-15-12(18)19-13(2,3)4/h9-10,14H,5-8H2,1-4H3,(H,15,18). The lowest BCUT2D eigenvalue weighted by molar-refractivity contribution is 0.0528. The minimum Gasteiger partial charge on any atom is -0.444 e. The van der Waals surface area contributed by atoms with Crippen LogP contribution in [-0.2, 0) is 11.3 Å². The molecule has 0 saturated heterocycles. The minimum atomic E-state index is -0.447. The summed E-state index contributed by atoms with van der Waals surface area (Å²) in [6, 6.07) is 0. The molecule has 6 nitrogen and oxygen atoms in total. The predicted octanol–water partition coefficient (Wildman–Crippen LogP) is 2.23. The highest BCUT2D eigenvalue weighted by molar-refractivity contribution is 5.67. The van der Waals surface area contributed by atoms with E-state index in [0.717, 1.165) is 25.2 Å². The first kappa shape index (κ1) is 15.3. The molecule has 1 heterocycles. The van der Waals surface area contributed by atoms with Gasteiger partial charge in [0.15, 0.2) is 0 Å². The number of amides is 1. The van der Waals surface area contributed by atoms with Crippen LogP contribution in [0.2, 0.25) is 0 Å². The second-order valence-electron chi connectivity index (χ2n) is 5.29. The summed E-state index contributed by atoms with van der Waals surface area (Å²) in [6.07, 6.45) is 4.22. The summed E-state index contributed by atoms with van der Waals surface area (Å²) in [6.45, 7) is 9.82. The van der Waals surface area contributed by atoms with Crippen molar-refractivity contribution in [2.45, 2.75) is 46.3 Å². The Kier molecular flexibility index (Phi) is 5.66. The lowest BCUT2D eigenvalue weighted by Gasteiger charge is -2.19. The van der Waals surface area contributed by atoms with E-state index >= 15 is 0 Å². The first-order valence-corrected chi connectivity index (χ1v) is 6.64. The maximum atomic E-state index is 11.4. The summed E-state index contributed by atoms with van der Waals surface area (Å²) >= 11 is 0. The number of carbonyl (C=O) groups excluding carboxylic acids is 1. The molecular weight excluding hydrogens is 244 g/mol. The molecule has 0 aliphatic heterocycles. The van der Waals surface area contributed by atoms with Crippen molar-refractivity contribution in [3.05, 3.63) is 12.4 Å². The van der Waals surface area contributed by atoms with Crippen molar-refractivity contribution in [1.29, 1.82) is 0 Å². The van der Waals surface area contributed by atoms with Crippen molar-refractivity contribution in [3.63, 3.8) is 0 Å². The monoisotopic (exact) mass is 268 g/mol. The summed E-state index contributed by atoms with van der Waals surface area (Å²) in [7, 11) is 0. The van der Waals surface area contributed by atoms with E-state index in [9.17, 15) is 4.79 Å². The normalized spacial score (nSPS) is 11.2. The molecule has 0 fully saturated rings. The zero-order chi connectivity index (χ0) is 14.3. The Morgan fingerprint density at radius 2 is 2.16 bits per heavy atom. The van der Waals surface area contributed by atoms with E-state index in [1.165, 1.54) is 0 Å². The largest absolute Gasteiger partial charge is 0.444 e. The number of nitrogens with zero attached hydrogens (tertiary/aromatic N) is 2. The molecular formula is C13H24N4O2. The van der Waals surface area contributed by atoms with Gasteiger partial charge in [0.25, 0.3) is 0 Å². The molecule has 0 aliphatic rings. The first-order valence-electron chi connectivity index (χ1n) is 6.64. The molecule has 0 saturated carbocycles. The fourth-order valence-electron chi connectivity index (χ4n) is 1.45. The van der Waals surface area contributed by atoms with E-state index in [2.05, 4.69) is 15.7 Å². The van der Waals surface area contributed by atoms with Crippen LogP contribution in [0.5, 0.6) is 0 Å². The minimum absolute atomic E-state index is 0.369. The van der Waals surface area contributed by atoms with Crippen LogP contribution in [0.3, 0.4) is 0 Å². The SMILES string of the molecule is CCn1cc(NCCCNC(=O)OC(C)(C)C)cn1. The molecule has 1 amide bonds. The number of hydrogen-bond donors (Lipinski definition) is 2. The van der Waals surface area contributed by atoms with Gasteiger partial charge in [0.05, 0.1) is 11.9 Å². The Hall–Kier alpha value is -1.72. The predicted molar refractivity (Wildman–Crippen MR) is 75.2 cm³/mol. The zero-order valence-electron chi connectivity index (χ0n) is 12.2. The number of aryl methyl sites for hydroxylation is 1. The van der Waals surface area contributed by atoms with Gasteiger partial charge in [0.1, 0.15) is 5.60 Å². The lowest BCUT2D eigenvalue weighted by Crippen LogP contribution is -2.33. The van der Waals surface area contributed by atoms with Crippen LogP contribution in [0.25, 0.3) is 0 Å². The fraction of sp³-hybridized carbons (Fsp3) is 0.692. The number of alkyl carbamates (subject to hydrolysis) is 1. The van der Waals surface area contributed by atoms with Crippen molar-refractivity contribution in [2.75, 3.05) is 18.4 Å². The Labute approximate surface area is 114 Å². The summed E-state index contributed by atoms with van der Waals surface area (Å²) in [5, 5.41) is 10.1. The third-order valence-electron chi connectivity index (χ3n) is 2.31. The van der Waals surface area contributed by atoms with E-state index in [1.54, 1.807) is 6.20 Å². The van der Waals surface area contributed by atoms with E-state index in [-0.39, 0.29) is 6.09 Å². The number of anilines is 1. The molecule has 1 rings (SSSR count). The first-order chi connectivity index (χ1) is 8.90. The molecule has 0 spiro atoms. The zero-order valence-corrected chi connectivity index (χ0v) is 12.2. The van der Waals surface area contributed by atoms with Gasteiger partial charge in [-0.05, 0) is 34.1 Å². The Morgan fingerprint density at radius 3 is 2.74 bits per heavy atom. The molecule has 0 aliphatic carbocycles. The molecule has 1 aromatic heterocycles. The lowest BCUT2D eigenvalue weighted by atomic mass is 10.2. The molecule has 1 aromatic rings. The quantitative estimate of drug-likeness (QED) is 0.776. The van der Waals surface area contributed by atoms with Crippen molar-refractivity contribution in [2.24, 2.45) is 0 Å². The number of nitrogens with one attached hydrogen (secondary N) is 2. The van der Waals surface area contributed by atoms with E-state index < -0.39 is 5.60 Å². The molecule has 2 N–H and O–H groups in total. The van der Waals surface area contributed by atoms with Crippen LogP contribution < -0.4 is 10.6 Å². The summed E-state index contributed by atoms with van der Waals surface area (Å²) in [5.41, 5.74) is 0.552. The molecule has 0 radical (unpaired) electrons. The van der Waals surface area contributed by atoms with Gasteiger partial charge in [0.2, 0.25) is 0 Å². The maximum Gasteiger partial charge on any atom is 0.407 e. The van der Waals surface area contributed by atoms with Gasteiger partial charge in [-0.15, -0.1) is 0 Å². The second-order valence-corrected chi connectivity index (χ2v) is 5.29. The Bertz CT molecular complexity index is 396. The highest BCUT2D eigenvalue weighted by Crippen LogP contribution is 2.06. The number of rotatable bonds is 6. The summed E-state index contributed by atoms with van der Waals surface area (Å²) in [4.78, 5) is 11.4. The molecule has 0 aromatic carbocycles. The van der Waals surface area contributed by atoms with Crippen LogP contribution in [-0.4, -0.2) is 34.6 Å². The number of carbonyl (C=O) groups is 1. The number of ether oxygens (including phenoxy) is 1. The van der Waals surface area contributed by atoms with E-state index in [4.69, 9.17) is 4.74 Å². The average molecular weight is 268 g/mol. The van der Waals surface area contributed by atoms with Crippen molar-refractivity contribution < 1.29 is 9.53 Å². The smallest absolute Gasteiger partial charge is 0.407 e. The number of hydrogen-bond acceptors (Lipinski definition) is 4. The van der Waals surface area contributed by atoms with E-state index in [0.29, 0.717) is 6.54 Å². The molecule has 6 heteroatoms. The van der Waals surface area contributed by atoms with Crippen molar-refractivity contribution >= 4 is 11.8 Å². The van der Waals surface area contributed by atoms with Gasteiger partial charge >= 0.3 is 6.09 Å². The number of aromatic nitrogens is 2. The van der Waals surface area contributed by atoms with Gasteiger partial charge in [0, 0.05) is 25.8 Å². The average Bonchev–Trinajstić information content (AvgIpc) is 2.74. The van der Waals surface area contributed by atoms with Gasteiger partial charge in [-0.2, -0.15) is 5.10 Å². The van der Waals surface area contributed by atoms with Crippen LogP contribution >= 0.6 is 0 Å². The fourth-order valence-corrected chi connectivity index (χ4v) is 1.45. The molecule has 0 atom stereocenters. The highest BCUT2D eigenvalue weighted by Gasteiger charge is 2.15. The van der Waals surface area contributed by atoms with Gasteiger partial charge in [-0.25, -0.2) is 4.79 Å². The molecule has 108 valence electrons. The van der Waals surface area contributed by atoms with Crippen molar-refractivity contribution in [1.82, 2.24) is 15.1 Å². The topological polar surface area (TPSA) is 68.2 Å². The van der Waals surface area contributed by atoms with Crippen LogP contribution in [0.1, 0.15) is 34.1 Å². The molecule has 0 bridgehead atoms. The van der Waals surface area contributed by atoms with Gasteiger partial charge in [-0.1, -0.05) is 0 Å². The summed E-state index contributed by atoms with van der Waals surface area (Å²) in [5.74, 6) is 0. The van der Waals surface area contributed by atoms with Gasteiger partial charge < -0.3 is 15.4 Å². The third kappa shape index (κ3) is 6.69. The third-order valence-corrected chi connectivity index (χ3v) is 2.31. The molecule has 19 heavy (non-hydrogen) atoms. The highest BCUT2D eigenvalue weighted by atomic mass is 16.6. The van der Waals surface area contributed by atoms with Crippen molar-refractivity contribution in [3.8, 4) is 0 Å². The van der Waals surface area contributed by atoms with E-state index in [1.807, 2.05) is 38.6 Å². The molecule has 0 unspecified atom stereocenters. The Balaban J connectivity index is 2.09. The second kappa shape index (κ2) is 7.01. The van der Waals surface area contributed by atoms with Crippen LogP contribution in [0, 0.1) is 0 Å². The Morgan fingerprint density at radius 1 is 1.42 bits per heavy atom. The van der Waals surface area contributed by atoms with Crippen LogP contribution in [0.15, 0.2) is 12.4 Å². The van der Waals surface area contributed by atoms with Crippen LogP contribution in [0.4, 0.5) is 10.5 Å². The van der Waals surface area contributed by atoms with Gasteiger partial charge in [-0.3, -0.25) is 4.68 Å². The summed E-state index contributed by atoms with van der Waals surface area (Å²) < 4.78 is 7.00. The maximum absolute atomic E-state index is 11.4.